The van der Waals surface area contributed by atoms with E-state index in [4.69, 9.17) is 13.9 Å². The molecule has 7 nitrogen and oxygen atoms in total. The number of ether oxygens (including phenoxy) is 2. The first-order valence-corrected chi connectivity index (χ1v) is 8.37. The molecule has 1 saturated carbocycles. The molecule has 0 aliphatic heterocycles. The van der Waals surface area contributed by atoms with Crippen molar-refractivity contribution in [2.75, 3.05) is 13.2 Å². The summed E-state index contributed by atoms with van der Waals surface area (Å²) < 4.78 is 15.7. The van der Waals surface area contributed by atoms with Gasteiger partial charge in [-0.15, -0.1) is 0 Å². The maximum atomic E-state index is 12.6. The van der Waals surface area contributed by atoms with Gasteiger partial charge in [0.25, 0.3) is 0 Å². The van der Waals surface area contributed by atoms with E-state index in [-0.39, 0.29) is 25.4 Å². The molecule has 0 unspecified atom stereocenters. The lowest BCUT2D eigenvalue weighted by atomic mass is 9.63. The van der Waals surface area contributed by atoms with Gasteiger partial charge in [-0.3, -0.25) is 14.4 Å². The molecule has 1 heterocycles. The molecule has 0 aromatic carbocycles. The zero-order valence-electron chi connectivity index (χ0n) is 14.9. The predicted octanol–water partition coefficient (Wildman–Crippen LogP) is 1.75. The van der Waals surface area contributed by atoms with Crippen LogP contribution in [0.3, 0.4) is 0 Å². The molecule has 7 heteroatoms. The Morgan fingerprint density at radius 3 is 2.36 bits per heavy atom. The largest absolute Gasteiger partial charge is 0.466 e. The van der Waals surface area contributed by atoms with Crippen molar-refractivity contribution in [1.82, 2.24) is 0 Å². The predicted molar refractivity (Wildman–Crippen MR) is 86.7 cm³/mol. The Bertz CT molecular complexity index is 658. The molecule has 1 aromatic rings. The van der Waals surface area contributed by atoms with Crippen molar-refractivity contribution in [3.8, 4) is 0 Å². The molecule has 138 valence electrons. The minimum absolute atomic E-state index is 0.104. The number of aryl methyl sites for hydroxylation is 1. The van der Waals surface area contributed by atoms with E-state index in [1.54, 1.807) is 32.9 Å². The number of ketones is 1. The van der Waals surface area contributed by atoms with Gasteiger partial charge in [0.2, 0.25) is 0 Å². The highest BCUT2D eigenvalue weighted by Gasteiger charge is 2.58. The Morgan fingerprint density at radius 2 is 1.84 bits per heavy atom. The Morgan fingerprint density at radius 1 is 1.24 bits per heavy atom. The molecule has 2 rings (SSSR count). The summed E-state index contributed by atoms with van der Waals surface area (Å²) in [6, 6.07) is 3.28. The van der Waals surface area contributed by atoms with Crippen LogP contribution in [0.4, 0.5) is 0 Å². The molecule has 1 aliphatic rings. The summed E-state index contributed by atoms with van der Waals surface area (Å²) in [5, 5.41) is 10.8. The van der Waals surface area contributed by atoms with Crippen molar-refractivity contribution in [2.24, 2.45) is 11.8 Å². The zero-order chi connectivity index (χ0) is 18.8. The minimum Gasteiger partial charge on any atom is -0.466 e. The van der Waals surface area contributed by atoms with E-state index in [0.717, 1.165) is 0 Å². The standard InChI is InChI=1S/C18H24O7/c1-5-23-16(20)13-11(19)9-18(4,22)15(17(21)24-6-2)14(13)12-8-7-10(3)25-12/h7-8,13-15,22H,5-6,9H2,1-4H3/t13-,14+,15+,18+/m1/s1. The molecule has 1 aliphatic carbocycles. The first-order chi connectivity index (χ1) is 11.7. The first-order valence-electron chi connectivity index (χ1n) is 8.37. The monoisotopic (exact) mass is 352 g/mol. The number of aliphatic hydroxyl groups is 1. The van der Waals surface area contributed by atoms with Gasteiger partial charge in [0.05, 0.1) is 30.7 Å². The number of Topliss-reactive ketones (excluding diaryl/α,β-unsaturated/α-hetero) is 1. The minimum atomic E-state index is -1.66. The van der Waals surface area contributed by atoms with Gasteiger partial charge >= 0.3 is 11.9 Å². The highest BCUT2D eigenvalue weighted by atomic mass is 16.5. The van der Waals surface area contributed by atoms with E-state index in [2.05, 4.69) is 0 Å². The van der Waals surface area contributed by atoms with Crippen LogP contribution in [0.25, 0.3) is 0 Å². The lowest BCUT2D eigenvalue weighted by molar-refractivity contribution is -0.173. The van der Waals surface area contributed by atoms with E-state index in [9.17, 15) is 19.5 Å². The second-order valence-electron chi connectivity index (χ2n) is 6.43. The summed E-state index contributed by atoms with van der Waals surface area (Å²) >= 11 is 0. The molecule has 0 bridgehead atoms. The molecule has 1 fully saturated rings. The maximum Gasteiger partial charge on any atom is 0.317 e. The molecule has 0 radical (unpaired) electrons. The van der Waals surface area contributed by atoms with Crippen molar-refractivity contribution in [2.45, 2.75) is 45.6 Å². The highest BCUT2D eigenvalue weighted by Crippen LogP contribution is 2.47. The number of furan rings is 1. The van der Waals surface area contributed by atoms with Gasteiger partial charge in [0.1, 0.15) is 17.4 Å². The third-order valence-corrected chi connectivity index (χ3v) is 4.44. The fourth-order valence-corrected chi connectivity index (χ4v) is 3.46. The summed E-state index contributed by atoms with van der Waals surface area (Å²) in [6.07, 6.45) is -0.337. The van der Waals surface area contributed by atoms with E-state index >= 15 is 0 Å². The summed E-state index contributed by atoms with van der Waals surface area (Å²) in [5.74, 6) is -4.36. The number of carbonyl (C=O) groups excluding carboxylic acids is 3. The second-order valence-corrected chi connectivity index (χ2v) is 6.43. The molecule has 0 saturated heterocycles. The van der Waals surface area contributed by atoms with Crippen LogP contribution in [0.2, 0.25) is 0 Å². The summed E-state index contributed by atoms with van der Waals surface area (Å²) in [7, 11) is 0. The number of esters is 2. The van der Waals surface area contributed by atoms with Gasteiger partial charge in [0, 0.05) is 6.42 Å². The van der Waals surface area contributed by atoms with Crippen molar-refractivity contribution in [3.05, 3.63) is 23.7 Å². The van der Waals surface area contributed by atoms with Crippen LogP contribution in [0.1, 0.15) is 44.6 Å². The van der Waals surface area contributed by atoms with Gasteiger partial charge in [0.15, 0.2) is 5.78 Å². The molecular formula is C18H24O7. The van der Waals surface area contributed by atoms with Gasteiger partial charge in [-0.05, 0) is 39.8 Å². The molecule has 25 heavy (non-hydrogen) atoms. The molecule has 1 aromatic heterocycles. The van der Waals surface area contributed by atoms with E-state index in [1.807, 2.05) is 0 Å². The van der Waals surface area contributed by atoms with Crippen molar-refractivity contribution < 1.29 is 33.4 Å². The molecule has 0 spiro atoms. The normalized spacial score (nSPS) is 29.3. The molecule has 1 N–H and O–H groups in total. The van der Waals surface area contributed by atoms with E-state index in [1.165, 1.54) is 6.92 Å². The van der Waals surface area contributed by atoms with Crippen LogP contribution >= 0.6 is 0 Å². The summed E-state index contributed by atoms with van der Waals surface area (Å²) in [4.78, 5) is 37.6. The van der Waals surface area contributed by atoms with Crippen molar-refractivity contribution >= 4 is 17.7 Å². The van der Waals surface area contributed by atoms with Crippen LogP contribution in [0.5, 0.6) is 0 Å². The van der Waals surface area contributed by atoms with Gasteiger partial charge < -0.3 is 19.0 Å². The molecule has 0 amide bonds. The smallest absolute Gasteiger partial charge is 0.317 e. The zero-order valence-corrected chi connectivity index (χ0v) is 14.9. The number of hydrogen-bond donors (Lipinski definition) is 1. The number of hydrogen-bond acceptors (Lipinski definition) is 7. The van der Waals surface area contributed by atoms with Crippen LogP contribution in [0.15, 0.2) is 16.5 Å². The van der Waals surface area contributed by atoms with Gasteiger partial charge in [-0.2, -0.15) is 0 Å². The molecular weight excluding hydrogens is 328 g/mol. The van der Waals surface area contributed by atoms with Crippen LogP contribution in [-0.2, 0) is 23.9 Å². The van der Waals surface area contributed by atoms with Crippen LogP contribution in [0, 0.1) is 18.8 Å². The Labute approximate surface area is 146 Å². The fraction of sp³-hybridized carbons (Fsp3) is 0.611. The maximum absolute atomic E-state index is 12.6. The van der Waals surface area contributed by atoms with Crippen molar-refractivity contribution in [3.63, 3.8) is 0 Å². The molecule has 4 atom stereocenters. The Kier molecular flexibility index (Phi) is 5.67. The SMILES string of the molecule is CCOC(=O)[C@@H]1C(=O)C[C@](C)(O)[C@H](C(=O)OCC)[C@H]1c1ccc(C)o1. The summed E-state index contributed by atoms with van der Waals surface area (Å²) in [5.41, 5.74) is -1.66. The third-order valence-electron chi connectivity index (χ3n) is 4.44. The quantitative estimate of drug-likeness (QED) is 0.636. The van der Waals surface area contributed by atoms with Crippen LogP contribution in [-0.4, -0.2) is 41.6 Å². The first kappa shape index (κ1) is 19.2. The topological polar surface area (TPSA) is 103 Å². The second kappa shape index (κ2) is 7.39. The lowest BCUT2D eigenvalue weighted by Gasteiger charge is -2.42. The lowest BCUT2D eigenvalue weighted by Crippen LogP contribution is -2.55. The highest BCUT2D eigenvalue weighted by molar-refractivity contribution is 6.02. The number of carbonyl (C=O) groups is 3. The van der Waals surface area contributed by atoms with Crippen molar-refractivity contribution in [1.29, 1.82) is 0 Å². The van der Waals surface area contributed by atoms with E-state index in [0.29, 0.717) is 5.76 Å². The fourth-order valence-electron chi connectivity index (χ4n) is 3.46. The Hall–Kier alpha value is -2.15. The van der Waals surface area contributed by atoms with Gasteiger partial charge in [-0.1, -0.05) is 0 Å². The summed E-state index contributed by atoms with van der Waals surface area (Å²) in [6.45, 7) is 6.62. The average Bonchev–Trinajstić information content (AvgIpc) is 2.92. The van der Waals surface area contributed by atoms with Gasteiger partial charge in [-0.25, -0.2) is 0 Å². The average molecular weight is 352 g/mol. The van der Waals surface area contributed by atoms with E-state index < -0.39 is 41.1 Å². The third kappa shape index (κ3) is 3.76. The van der Waals surface area contributed by atoms with Crippen LogP contribution < -0.4 is 0 Å². The number of rotatable bonds is 5. The Balaban J connectivity index is 2.56.